The molecule has 177 valence electrons. The minimum absolute atomic E-state index is 0. The first-order valence-electron chi connectivity index (χ1n) is 7.89. The van der Waals surface area contributed by atoms with Gasteiger partial charge < -0.3 is 39.5 Å². The molecule has 3 heterocycles. The van der Waals surface area contributed by atoms with Gasteiger partial charge in [-0.25, -0.2) is 23.7 Å². The molecule has 0 saturated carbocycles. The topological polar surface area (TPSA) is 273 Å². The van der Waals surface area contributed by atoms with Crippen molar-refractivity contribution in [1.29, 1.82) is 0 Å². The van der Waals surface area contributed by atoms with Crippen molar-refractivity contribution in [3.05, 3.63) is 23.0 Å². The van der Waals surface area contributed by atoms with Crippen LogP contribution in [0.1, 0.15) is 6.23 Å². The number of aromatic amines is 1. The van der Waals surface area contributed by atoms with Gasteiger partial charge in [-0.1, -0.05) is 0 Å². The van der Waals surface area contributed by atoms with Gasteiger partial charge in [0.05, 0.1) is 19.3 Å². The third kappa shape index (κ3) is 9.13. The van der Waals surface area contributed by atoms with Crippen LogP contribution in [0.4, 0.5) is 0 Å². The van der Waals surface area contributed by atoms with Gasteiger partial charge in [-0.3, -0.25) is 13.9 Å². The van der Waals surface area contributed by atoms with E-state index in [0.717, 1.165) is 17.2 Å². The van der Waals surface area contributed by atoms with E-state index in [1.807, 2.05) is 0 Å². The number of aliphatic hydroxyl groups is 2. The first kappa shape index (κ1) is 35.6. The van der Waals surface area contributed by atoms with E-state index in [9.17, 15) is 33.6 Å². The summed E-state index contributed by atoms with van der Waals surface area (Å²) >= 11 is 0. The van der Waals surface area contributed by atoms with Gasteiger partial charge in [0, 0.05) is 88.7 Å². The number of imidazole rings is 1. The zero-order chi connectivity index (χ0) is 23.2. The Labute approximate surface area is 255 Å². The van der Waals surface area contributed by atoms with E-state index in [4.69, 9.17) is 19.4 Å². The van der Waals surface area contributed by atoms with Crippen molar-refractivity contribution in [2.45, 2.75) is 24.5 Å². The van der Waals surface area contributed by atoms with E-state index in [1.165, 1.54) is 0 Å². The van der Waals surface area contributed by atoms with E-state index in [-0.39, 0.29) is 99.8 Å². The van der Waals surface area contributed by atoms with Crippen molar-refractivity contribution < 1.29 is 61.4 Å². The van der Waals surface area contributed by atoms with Crippen molar-refractivity contribution in [2.75, 3.05) is 6.61 Å². The van der Waals surface area contributed by atoms with E-state index in [1.54, 1.807) is 0 Å². The van der Waals surface area contributed by atoms with Crippen LogP contribution in [0.3, 0.4) is 0 Å². The largest absolute Gasteiger partial charge is 0.490 e. The van der Waals surface area contributed by atoms with Crippen molar-refractivity contribution in [1.82, 2.24) is 19.5 Å². The Kier molecular flexibility index (Phi) is 14.3. The molecule has 0 amide bonds. The number of fused-ring (bicyclic) bond motifs is 1. The molecular formula is C10H15N4Na3O14P3. The molecule has 18 nitrogen and oxygen atoms in total. The molecular weight excluding hydrogens is 562 g/mol. The van der Waals surface area contributed by atoms with Crippen LogP contribution >= 0.6 is 23.5 Å². The summed E-state index contributed by atoms with van der Waals surface area (Å²) in [5.74, 6) is 0. The Morgan fingerprint density at radius 1 is 1.00 bits per heavy atom. The maximum absolute atomic E-state index is 11.8. The van der Waals surface area contributed by atoms with Crippen molar-refractivity contribution in [3.63, 3.8) is 0 Å². The molecule has 1 aliphatic rings. The first-order valence-corrected chi connectivity index (χ1v) is 12.4. The summed E-state index contributed by atoms with van der Waals surface area (Å²) in [6, 6.07) is 0. The third-order valence-electron chi connectivity index (χ3n) is 3.79. The molecule has 0 aromatic carbocycles. The van der Waals surface area contributed by atoms with Crippen LogP contribution in [-0.2, 0) is 31.6 Å². The fraction of sp³-hybridized carbons (Fsp3) is 0.500. The fourth-order valence-electron chi connectivity index (χ4n) is 2.62. The minimum atomic E-state index is -5.72. The number of nitrogens with one attached hydrogen (secondary N) is 1. The molecule has 2 aromatic rings. The summed E-state index contributed by atoms with van der Waals surface area (Å²) in [5.41, 5.74) is -0.681. The predicted octanol–water partition coefficient (Wildman–Crippen LogP) is -3.06. The SMILES string of the molecule is O=c1[nH]cnc2c1ncn2C1OC(COP(=O)(O)OP(=O)(O)OP(=O)(O)O)C(O)C1O.[Na].[Na].[Na]. The standard InChI is InChI=1S/C10H15N4O14P3.3Na/c15-6-4(1-25-30(21,22)28-31(23,24)27-29(18,19)20)26-10(7(6)16)14-3-13-5-8(14)11-2-12-9(5)17;;;/h2-4,6-7,10,15-16H,1H2,(H,21,22)(H,23,24)(H,11,12,17)(H2,18,19,20);;;. The Hall–Kier alpha value is 1.64. The molecule has 2 aromatic heterocycles. The summed E-state index contributed by atoms with van der Waals surface area (Å²) in [6.45, 7) is -0.987. The number of aromatic nitrogens is 4. The molecule has 7 N–H and O–H groups in total. The molecule has 1 fully saturated rings. The number of hydrogen-bond acceptors (Lipinski definition) is 12. The molecule has 1 aliphatic heterocycles. The monoisotopic (exact) mass is 577 g/mol. The third-order valence-corrected chi connectivity index (χ3v) is 7.60. The number of H-pyrrole nitrogens is 1. The van der Waals surface area contributed by atoms with Crippen molar-refractivity contribution in [3.8, 4) is 0 Å². The van der Waals surface area contributed by atoms with Gasteiger partial charge in [0.1, 0.15) is 18.3 Å². The number of hydrogen-bond donors (Lipinski definition) is 7. The number of phosphoric acid groups is 3. The number of rotatable bonds is 8. The van der Waals surface area contributed by atoms with Gasteiger partial charge in [-0.05, 0) is 0 Å². The fourth-order valence-corrected chi connectivity index (χ4v) is 5.65. The van der Waals surface area contributed by atoms with Gasteiger partial charge in [0.25, 0.3) is 5.56 Å². The number of ether oxygens (including phenoxy) is 1. The van der Waals surface area contributed by atoms with Gasteiger partial charge >= 0.3 is 23.5 Å². The summed E-state index contributed by atoms with van der Waals surface area (Å²) in [5, 5.41) is 20.3. The van der Waals surface area contributed by atoms with Crippen LogP contribution in [-0.4, -0.2) is 163 Å². The average molecular weight is 577 g/mol. The molecule has 0 aliphatic carbocycles. The molecule has 6 atom stereocenters. The van der Waals surface area contributed by atoms with E-state index < -0.39 is 60.2 Å². The Morgan fingerprint density at radius 3 is 2.21 bits per heavy atom. The number of phosphoric ester groups is 1. The smallest absolute Gasteiger partial charge is 0.387 e. The summed E-state index contributed by atoms with van der Waals surface area (Å²) in [4.78, 5) is 57.2. The Balaban J connectivity index is 0.00000363. The predicted molar refractivity (Wildman–Crippen MR) is 111 cm³/mol. The van der Waals surface area contributed by atoms with Gasteiger partial charge in [-0.15, -0.1) is 0 Å². The van der Waals surface area contributed by atoms with Crippen LogP contribution < -0.4 is 5.56 Å². The maximum Gasteiger partial charge on any atom is 0.490 e. The zero-order valence-corrected chi connectivity index (χ0v) is 26.5. The quantitative estimate of drug-likeness (QED) is 0.121. The molecule has 0 bridgehead atoms. The maximum atomic E-state index is 11.8. The van der Waals surface area contributed by atoms with Crippen LogP contribution in [0.5, 0.6) is 0 Å². The van der Waals surface area contributed by atoms with E-state index in [2.05, 4.69) is 28.1 Å². The molecule has 0 spiro atoms. The number of nitrogens with zero attached hydrogens (tertiary/aromatic N) is 3. The van der Waals surface area contributed by atoms with Gasteiger partial charge in [0.2, 0.25) is 0 Å². The molecule has 1 saturated heterocycles. The molecule has 3 radical (unpaired) electrons. The van der Waals surface area contributed by atoms with Crippen molar-refractivity contribution >= 4 is 123 Å². The second kappa shape index (κ2) is 13.6. The molecule has 6 unspecified atom stereocenters. The summed E-state index contributed by atoms with van der Waals surface area (Å²) < 4.78 is 51.6. The van der Waals surface area contributed by atoms with Crippen LogP contribution in [0.2, 0.25) is 0 Å². The molecule has 24 heteroatoms. The van der Waals surface area contributed by atoms with Crippen molar-refractivity contribution in [2.24, 2.45) is 0 Å². The summed E-state index contributed by atoms with van der Waals surface area (Å²) in [6.07, 6.45) is -4.05. The average Bonchev–Trinajstić information content (AvgIpc) is 3.13. The minimum Gasteiger partial charge on any atom is -0.387 e. The van der Waals surface area contributed by atoms with E-state index in [0.29, 0.717) is 0 Å². The molecule has 3 rings (SSSR count). The first-order chi connectivity index (χ1) is 14.2. The Bertz CT molecular complexity index is 1170. The van der Waals surface area contributed by atoms with Gasteiger partial charge in [0.15, 0.2) is 17.4 Å². The second-order valence-corrected chi connectivity index (χ2v) is 10.4. The van der Waals surface area contributed by atoms with Crippen LogP contribution in [0.15, 0.2) is 17.4 Å². The Morgan fingerprint density at radius 2 is 1.62 bits per heavy atom. The van der Waals surface area contributed by atoms with Gasteiger partial charge in [-0.2, -0.15) is 8.62 Å². The normalized spacial score (nSPS) is 25.9. The van der Waals surface area contributed by atoms with Crippen LogP contribution in [0, 0.1) is 0 Å². The van der Waals surface area contributed by atoms with E-state index >= 15 is 0 Å². The molecule has 34 heavy (non-hydrogen) atoms. The second-order valence-electron chi connectivity index (χ2n) is 5.99. The zero-order valence-electron chi connectivity index (χ0n) is 17.8. The van der Waals surface area contributed by atoms with Crippen LogP contribution in [0.25, 0.3) is 11.2 Å². The number of aliphatic hydroxyl groups excluding tert-OH is 2. The summed E-state index contributed by atoms with van der Waals surface area (Å²) in [7, 11) is -16.7.